The predicted molar refractivity (Wildman–Crippen MR) is 81.6 cm³/mol. The van der Waals surface area contributed by atoms with Crippen LogP contribution in [0, 0.1) is 6.92 Å². The number of ether oxygens (including phenoxy) is 2. The number of carbonyl (C=O) groups is 1. The fourth-order valence-corrected chi connectivity index (χ4v) is 2.46. The lowest BCUT2D eigenvalue weighted by molar-refractivity contribution is -0.0320. The minimum Gasteiger partial charge on any atom is -0.383 e. The zero-order chi connectivity index (χ0) is 15.1. The number of morpholine rings is 1. The molecule has 0 aliphatic carbocycles. The van der Waals surface area contributed by atoms with E-state index in [4.69, 9.17) is 9.47 Å². The van der Waals surface area contributed by atoms with Gasteiger partial charge in [0.1, 0.15) is 0 Å². The molecule has 1 aliphatic heterocycles. The zero-order valence-corrected chi connectivity index (χ0v) is 12.8. The maximum absolute atomic E-state index is 12.2. The molecule has 5 nitrogen and oxygen atoms in total. The fourth-order valence-electron chi connectivity index (χ4n) is 2.46. The molecule has 1 saturated heterocycles. The van der Waals surface area contributed by atoms with Crippen molar-refractivity contribution in [2.75, 3.05) is 46.5 Å². The van der Waals surface area contributed by atoms with Gasteiger partial charge in [0.15, 0.2) is 0 Å². The van der Waals surface area contributed by atoms with E-state index in [9.17, 15) is 4.79 Å². The van der Waals surface area contributed by atoms with Crippen LogP contribution in [-0.4, -0.2) is 63.4 Å². The Bertz CT molecular complexity index is 465. The van der Waals surface area contributed by atoms with Gasteiger partial charge < -0.3 is 14.8 Å². The minimum absolute atomic E-state index is 0.0364. The molecule has 0 saturated carbocycles. The second kappa shape index (κ2) is 8.12. The van der Waals surface area contributed by atoms with E-state index in [2.05, 4.69) is 10.2 Å². The van der Waals surface area contributed by atoms with Crippen LogP contribution in [0.25, 0.3) is 0 Å². The van der Waals surface area contributed by atoms with E-state index in [1.807, 2.05) is 31.2 Å². The number of methoxy groups -OCH3 is 1. The highest BCUT2D eigenvalue weighted by molar-refractivity contribution is 5.95. The van der Waals surface area contributed by atoms with E-state index in [0.29, 0.717) is 13.2 Å². The van der Waals surface area contributed by atoms with Crippen LogP contribution in [0.1, 0.15) is 15.9 Å². The lowest BCUT2D eigenvalue weighted by Crippen LogP contribution is -2.48. The fraction of sp³-hybridized carbons (Fsp3) is 0.562. The summed E-state index contributed by atoms with van der Waals surface area (Å²) in [6.07, 6.45) is 0.0450. The maximum Gasteiger partial charge on any atom is 0.251 e. The number of amides is 1. The largest absolute Gasteiger partial charge is 0.383 e. The number of nitrogens with one attached hydrogen (secondary N) is 1. The molecule has 2 rings (SSSR count). The van der Waals surface area contributed by atoms with Gasteiger partial charge in [0.2, 0.25) is 0 Å². The monoisotopic (exact) mass is 292 g/mol. The molecule has 1 atom stereocenters. The van der Waals surface area contributed by atoms with Crippen LogP contribution in [0.4, 0.5) is 0 Å². The van der Waals surface area contributed by atoms with Gasteiger partial charge in [-0.1, -0.05) is 18.2 Å². The molecule has 5 heteroatoms. The van der Waals surface area contributed by atoms with E-state index < -0.39 is 0 Å². The zero-order valence-electron chi connectivity index (χ0n) is 12.8. The molecule has 1 unspecified atom stereocenters. The molecular formula is C16H24N2O3. The van der Waals surface area contributed by atoms with Crippen molar-refractivity contribution < 1.29 is 14.3 Å². The molecule has 116 valence electrons. The SMILES string of the molecule is COCCN1CCOC(CNC(=O)c2ccccc2C)C1. The summed E-state index contributed by atoms with van der Waals surface area (Å²) in [6, 6.07) is 7.60. The lowest BCUT2D eigenvalue weighted by Gasteiger charge is -2.32. The molecular weight excluding hydrogens is 268 g/mol. The second-order valence-electron chi connectivity index (χ2n) is 5.31. The molecule has 1 amide bonds. The first kappa shape index (κ1) is 15.9. The van der Waals surface area contributed by atoms with Crippen LogP contribution >= 0.6 is 0 Å². The third kappa shape index (κ3) is 4.81. The topological polar surface area (TPSA) is 50.8 Å². The highest BCUT2D eigenvalue weighted by atomic mass is 16.5. The van der Waals surface area contributed by atoms with Gasteiger partial charge in [-0.05, 0) is 18.6 Å². The molecule has 0 radical (unpaired) electrons. The van der Waals surface area contributed by atoms with Gasteiger partial charge in [-0.15, -0.1) is 0 Å². The number of rotatable bonds is 6. The molecule has 0 aromatic heterocycles. The van der Waals surface area contributed by atoms with Gasteiger partial charge in [-0.25, -0.2) is 0 Å². The third-order valence-electron chi connectivity index (χ3n) is 3.71. The smallest absolute Gasteiger partial charge is 0.251 e. The summed E-state index contributed by atoms with van der Waals surface area (Å²) < 4.78 is 10.8. The molecule has 1 heterocycles. The van der Waals surface area contributed by atoms with Gasteiger partial charge in [-0.3, -0.25) is 9.69 Å². The van der Waals surface area contributed by atoms with Gasteiger partial charge in [0.25, 0.3) is 5.91 Å². The van der Waals surface area contributed by atoms with Crippen LogP contribution in [-0.2, 0) is 9.47 Å². The van der Waals surface area contributed by atoms with Crippen molar-refractivity contribution in [1.82, 2.24) is 10.2 Å². The normalized spacial score (nSPS) is 19.4. The van der Waals surface area contributed by atoms with Crippen molar-refractivity contribution in [2.24, 2.45) is 0 Å². The summed E-state index contributed by atoms with van der Waals surface area (Å²) in [7, 11) is 1.71. The highest BCUT2D eigenvalue weighted by Gasteiger charge is 2.21. The van der Waals surface area contributed by atoms with Crippen molar-refractivity contribution in [1.29, 1.82) is 0 Å². The quantitative estimate of drug-likeness (QED) is 0.852. The van der Waals surface area contributed by atoms with Crippen LogP contribution in [0.15, 0.2) is 24.3 Å². The summed E-state index contributed by atoms with van der Waals surface area (Å²) in [4.78, 5) is 14.5. The van der Waals surface area contributed by atoms with Crippen LogP contribution < -0.4 is 5.32 Å². The Labute approximate surface area is 126 Å². The minimum atomic E-state index is -0.0364. The first-order valence-electron chi connectivity index (χ1n) is 7.37. The van der Waals surface area contributed by atoms with E-state index in [-0.39, 0.29) is 12.0 Å². The van der Waals surface area contributed by atoms with Gasteiger partial charge in [0, 0.05) is 38.9 Å². The number of carbonyl (C=O) groups excluding carboxylic acids is 1. The lowest BCUT2D eigenvalue weighted by atomic mass is 10.1. The van der Waals surface area contributed by atoms with Crippen LogP contribution in [0.5, 0.6) is 0 Å². The number of hydrogen-bond acceptors (Lipinski definition) is 4. The van der Waals surface area contributed by atoms with Crippen molar-refractivity contribution in [2.45, 2.75) is 13.0 Å². The highest BCUT2D eigenvalue weighted by Crippen LogP contribution is 2.08. The first-order valence-corrected chi connectivity index (χ1v) is 7.37. The van der Waals surface area contributed by atoms with Gasteiger partial charge >= 0.3 is 0 Å². The van der Waals surface area contributed by atoms with Crippen molar-refractivity contribution in [3.8, 4) is 0 Å². The van der Waals surface area contributed by atoms with Crippen LogP contribution in [0.3, 0.4) is 0 Å². The Morgan fingerprint density at radius 1 is 1.48 bits per heavy atom. The molecule has 1 aromatic rings. The van der Waals surface area contributed by atoms with E-state index in [0.717, 1.165) is 37.4 Å². The molecule has 0 spiro atoms. The maximum atomic E-state index is 12.2. The predicted octanol–water partition coefficient (Wildman–Crippen LogP) is 1.07. The Morgan fingerprint density at radius 3 is 3.05 bits per heavy atom. The van der Waals surface area contributed by atoms with Crippen molar-refractivity contribution >= 4 is 5.91 Å². The molecule has 1 aliphatic rings. The standard InChI is InChI=1S/C16H24N2O3/c1-13-5-3-4-6-15(13)16(19)17-11-14-12-18(7-9-20-2)8-10-21-14/h3-6,14H,7-12H2,1-2H3,(H,17,19). The molecule has 21 heavy (non-hydrogen) atoms. The molecule has 1 N–H and O–H groups in total. The summed E-state index contributed by atoms with van der Waals surface area (Å²) in [5.41, 5.74) is 1.71. The van der Waals surface area contributed by atoms with Gasteiger partial charge in [-0.2, -0.15) is 0 Å². The van der Waals surface area contributed by atoms with Crippen molar-refractivity contribution in [3.63, 3.8) is 0 Å². The molecule has 1 aromatic carbocycles. The first-order chi connectivity index (χ1) is 10.2. The summed E-state index contributed by atoms with van der Waals surface area (Å²) in [6.45, 7) is 6.57. The van der Waals surface area contributed by atoms with Crippen molar-refractivity contribution in [3.05, 3.63) is 35.4 Å². The Hall–Kier alpha value is -1.43. The van der Waals surface area contributed by atoms with E-state index in [1.165, 1.54) is 0 Å². The second-order valence-corrected chi connectivity index (χ2v) is 5.31. The number of aryl methyl sites for hydroxylation is 1. The number of benzene rings is 1. The third-order valence-corrected chi connectivity index (χ3v) is 3.71. The number of nitrogens with zero attached hydrogens (tertiary/aromatic N) is 1. The summed E-state index contributed by atoms with van der Waals surface area (Å²) in [5, 5.41) is 2.96. The van der Waals surface area contributed by atoms with E-state index >= 15 is 0 Å². The van der Waals surface area contributed by atoms with Gasteiger partial charge in [0.05, 0.1) is 19.3 Å². The Kier molecular flexibility index (Phi) is 6.17. The Morgan fingerprint density at radius 2 is 2.29 bits per heavy atom. The average molecular weight is 292 g/mol. The van der Waals surface area contributed by atoms with E-state index in [1.54, 1.807) is 7.11 Å². The summed E-state index contributed by atoms with van der Waals surface area (Å²) in [5.74, 6) is -0.0364. The molecule has 0 bridgehead atoms. The summed E-state index contributed by atoms with van der Waals surface area (Å²) >= 11 is 0. The average Bonchev–Trinajstić information content (AvgIpc) is 2.51. The number of hydrogen-bond donors (Lipinski definition) is 1. The Balaban J connectivity index is 1.80. The van der Waals surface area contributed by atoms with Crippen LogP contribution in [0.2, 0.25) is 0 Å². The molecule has 1 fully saturated rings.